The summed E-state index contributed by atoms with van der Waals surface area (Å²) in [7, 11) is 0. The molecule has 0 spiro atoms. The maximum absolute atomic E-state index is 11.6. The molecule has 1 heterocycles. The molecule has 1 unspecified atom stereocenters. The predicted molar refractivity (Wildman–Crippen MR) is 67.2 cm³/mol. The van der Waals surface area contributed by atoms with Crippen LogP contribution in [0.3, 0.4) is 0 Å². The van der Waals surface area contributed by atoms with Crippen LogP contribution in [-0.4, -0.2) is 19.1 Å². The molecule has 0 radical (unpaired) electrons. The number of carbonyl (C=O) groups is 1. The van der Waals surface area contributed by atoms with Crippen molar-refractivity contribution in [2.45, 2.75) is 25.6 Å². The van der Waals surface area contributed by atoms with Crippen LogP contribution in [0.4, 0.5) is 4.79 Å². The molecule has 0 saturated carbocycles. The Morgan fingerprint density at radius 3 is 2.94 bits per heavy atom. The van der Waals surface area contributed by atoms with Crippen molar-refractivity contribution in [1.29, 1.82) is 0 Å². The number of para-hydroxylation sites is 1. The van der Waals surface area contributed by atoms with Crippen LogP contribution in [0.1, 0.15) is 24.8 Å². The van der Waals surface area contributed by atoms with E-state index >= 15 is 0 Å². The zero-order valence-electron chi connectivity index (χ0n) is 10.1. The summed E-state index contributed by atoms with van der Waals surface area (Å²) in [5, 5.41) is 0. The Morgan fingerprint density at radius 2 is 2.22 bits per heavy atom. The average molecular weight is 248 g/mol. The van der Waals surface area contributed by atoms with Gasteiger partial charge in [-0.25, -0.2) is 4.79 Å². The fourth-order valence-corrected chi connectivity index (χ4v) is 1.77. The van der Waals surface area contributed by atoms with E-state index in [1.165, 1.54) is 0 Å². The first kappa shape index (κ1) is 12.6. The molecule has 4 heteroatoms. The van der Waals surface area contributed by atoms with Gasteiger partial charge in [0.05, 0.1) is 6.61 Å². The third kappa shape index (κ3) is 3.34. The molecule has 1 atom stereocenters. The van der Waals surface area contributed by atoms with Crippen molar-refractivity contribution in [2.75, 3.05) is 6.61 Å². The summed E-state index contributed by atoms with van der Waals surface area (Å²) < 4.78 is 15.5. The maximum atomic E-state index is 11.6. The maximum Gasteiger partial charge on any atom is 0.516 e. The summed E-state index contributed by atoms with van der Waals surface area (Å²) in [6, 6.07) is 7.14. The van der Waals surface area contributed by atoms with Gasteiger partial charge < -0.3 is 14.2 Å². The van der Waals surface area contributed by atoms with Crippen molar-refractivity contribution in [2.24, 2.45) is 0 Å². The first-order chi connectivity index (χ1) is 8.79. The first-order valence-electron chi connectivity index (χ1n) is 6.01. The van der Waals surface area contributed by atoms with E-state index in [2.05, 4.69) is 6.58 Å². The van der Waals surface area contributed by atoms with Gasteiger partial charge in [0.15, 0.2) is 0 Å². The second kappa shape index (κ2) is 6.21. The molecule has 96 valence electrons. The standard InChI is InChI=1S/C14H16O4/c1-2-11-7-3-4-8-12(11)17-14(15)18-13-9-5-6-10-16-13/h2-4,7-8,13H,1,5-6,9-10H2. The molecule has 18 heavy (non-hydrogen) atoms. The van der Waals surface area contributed by atoms with Crippen molar-refractivity contribution in [3.63, 3.8) is 0 Å². The quantitative estimate of drug-likeness (QED) is 0.607. The SMILES string of the molecule is C=Cc1ccccc1OC(=O)OC1CCCCO1. The van der Waals surface area contributed by atoms with E-state index in [-0.39, 0.29) is 0 Å². The van der Waals surface area contributed by atoms with Crippen LogP contribution in [-0.2, 0) is 9.47 Å². The minimum atomic E-state index is -0.740. The van der Waals surface area contributed by atoms with Crippen molar-refractivity contribution < 1.29 is 19.0 Å². The van der Waals surface area contributed by atoms with Gasteiger partial charge in [0.25, 0.3) is 0 Å². The number of ether oxygens (including phenoxy) is 3. The normalized spacial score (nSPS) is 19.0. The minimum absolute atomic E-state index is 0.438. The zero-order valence-corrected chi connectivity index (χ0v) is 10.1. The van der Waals surface area contributed by atoms with Gasteiger partial charge in [-0.1, -0.05) is 30.9 Å². The van der Waals surface area contributed by atoms with E-state index < -0.39 is 12.4 Å². The molecule has 1 aliphatic heterocycles. The third-order valence-corrected chi connectivity index (χ3v) is 2.70. The molecule has 4 nitrogen and oxygen atoms in total. The molecule has 1 aliphatic rings. The van der Waals surface area contributed by atoms with Gasteiger partial charge in [-0.05, 0) is 18.9 Å². The highest BCUT2D eigenvalue weighted by molar-refractivity contribution is 5.67. The Labute approximate surface area is 106 Å². The highest BCUT2D eigenvalue weighted by Crippen LogP contribution is 2.20. The minimum Gasteiger partial charge on any atom is -0.404 e. The molecule has 0 N–H and O–H groups in total. The van der Waals surface area contributed by atoms with E-state index in [4.69, 9.17) is 14.2 Å². The summed E-state index contributed by atoms with van der Waals surface area (Å²) in [5.74, 6) is 0.438. The Kier molecular flexibility index (Phi) is 4.36. The fraction of sp³-hybridized carbons (Fsp3) is 0.357. The predicted octanol–water partition coefficient (Wildman–Crippen LogP) is 3.37. The van der Waals surface area contributed by atoms with Crippen LogP contribution in [0.15, 0.2) is 30.8 Å². The van der Waals surface area contributed by atoms with E-state index in [0.29, 0.717) is 12.4 Å². The van der Waals surface area contributed by atoms with Crippen LogP contribution in [0.2, 0.25) is 0 Å². The molecular weight excluding hydrogens is 232 g/mol. The lowest BCUT2D eigenvalue weighted by atomic mass is 10.2. The van der Waals surface area contributed by atoms with Gasteiger partial charge in [-0.2, -0.15) is 0 Å². The Balaban J connectivity index is 1.92. The van der Waals surface area contributed by atoms with E-state index in [1.807, 2.05) is 12.1 Å². The molecule has 0 amide bonds. The van der Waals surface area contributed by atoms with Gasteiger partial charge in [-0.3, -0.25) is 0 Å². The lowest BCUT2D eigenvalue weighted by molar-refractivity contribution is -0.135. The highest BCUT2D eigenvalue weighted by Gasteiger charge is 2.19. The summed E-state index contributed by atoms with van der Waals surface area (Å²) in [5.41, 5.74) is 0.749. The number of benzene rings is 1. The van der Waals surface area contributed by atoms with Gasteiger partial charge in [0.1, 0.15) is 5.75 Å². The lowest BCUT2D eigenvalue weighted by Crippen LogP contribution is -2.27. The monoisotopic (exact) mass is 248 g/mol. The summed E-state index contributed by atoms with van der Waals surface area (Å²) in [6.07, 6.45) is 3.13. The average Bonchev–Trinajstić information content (AvgIpc) is 2.40. The molecule has 0 bridgehead atoms. The topological polar surface area (TPSA) is 44.8 Å². The lowest BCUT2D eigenvalue weighted by Gasteiger charge is -2.21. The number of rotatable bonds is 3. The van der Waals surface area contributed by atoms with Crippen LogP contribution in [0, 0.1) is 0 Å². The molecule has 2 rings (SSSR count). The summed E-state index contributed by atoms with van der Waals surface area (Å²) >= 11 is 0. The van der Waals surface area contributed by atoms with Crippen molar-refractivity contribution in [1.82, 2.24) is 0 Å². The Hall–Kier alpha value is -1.81. The van der Waals surface area contributed by atoms with Crippen molar-refractivity contribution in [3.8, 4) is 5.75 Å². The van der Waals surface area contributed by atoms with Gasteiger partial charge in [-0.15, -0.1) is 0 Å². The molecule has 1 saturated heterocycles. The molecule has 0 aromatic heterocycles. The number of carbonyl (C=O) groups excluding carboxylic acids is 1. The second-order valence-electron chi connectivity index (χ2n) is 4.01. The molecule has 1 aromatic carbocycles. The Bertz CT molecular complexity index is 422. The zero-order chi connectivity index (χ0) is 12.8. The summed E-state index contributed by atoms with van der Waals surface area (Å²) in [4.78, 5) is 11.6. The van der Waals surface area contributed by atoms with Crippen LogP contribution in [0.5, 0.6) is 5.75 Å². The third-order valence-electron chi connectivity index (χ3n) is 2.70. The Morgan fingerprint density at radius 1 is 1.39 bits per heavy atom. The first-order valence-corrected chi connectivity index (χ1v) is 6.01. The van der Waals surface area contributed by atoms with E-state index in [0.717, 1.165) is 24.8 Å². The van der Waals surface area contributed by atoms with Crippen LogP contribution in [0.25, 0.3) is 6.08 Å². The molecule has 1 aromatic rings. The second-order valence-corrected chi connectivity index (χ2v) is 4.01. The van der Waals surface area contributed by atoms with Gasteiger partial charge in [0, 0.05) is 12.0 Å². The van der Waals surface area contributed by atoms with Gasteiger partial charge >= 0.3 is 6.16 Å². The van der Waals surface area contributed by atoms with Crippen LogP contribution >= 0.6 is 0 Å². The fourth-order valence-electron chi connectivity index (χ4n) is 1.77. The molecule has 1 fully saturated rings. The van der Waals surface area contributed by atoms with Gasteiger partial charge in [0.2, 0.25) is 6.29 Å². The van der Waals surface area contributed by atoms with E-state index in [9.17, 15) is 4.79 Å². The summed E-state index contributed by atoms with van der Waals surface area (Å²) in [6.45, 7) is 4.28. The van der Waals surface area contributed by atoms with Crippen molar-refractivity contribution >= 4 is 12.2 Å². The molecular formula is C14H16O4. The highest BCUT2D eigenvalue weighted by atomic mass is 16.8. The number of hydrogen-bond acceptors (Lipinski definition) is 4. The smallest absolute Gasteiger partial charge is 0.404 e. The van der Waals surface area contributed by atoms with E-state index in [1.54, 1.807) is 18.2 Å². The largest absolute Gasteiger partial charge is 0.516 e. The number of hydrogen-bond donors (Lipinski definition) is 0. The molecule has 0 aliphatic carbocycles. The van der Waals surface area contributed by atoms with Crippen molar-refractivity contribution in [3.05, 3.63) is 36.4 Å². The van der Waals surface area contributed by atoms with Crippen LogP contribution < -0.4 is 4.74 Å².